The molecular weight excluding hydrogens is 314 g/mol. The summed E-state index contributed by atoms with van der Waals surface area (Å²) < 4.78 is 11.1. The maximum atomic E-state index is 5.97. The van der Waals surface area contributed by atoms with E-state index in [9.17, 15) is 0 Å². The fraction of sp³-hybridized carbons (Fsp3) is 0.350. The zero-order chi connectivity index (χ0) is 18.1. The zero-order valence-electron chi connectivity index (χ0n) is 15.4. The fourth-order valence-corrected chi connectivity index (χ4v) is 2.34. The van der Waals surface area contributed by atoms with E-state index in [2.05, 4.69) is 15.6 Å². The van der Waals surface area contributed by atoms with Gasteiger partial charge >= 0.3 is 0 Å². The molecule has 0 spiro atoms. The van der Waals surface area contributed by atoms with E-state index in [-0.39, 0.29) is 6.10 Å². The van der Waals surface area contributed by atoms with Crippen LogP contribution < -0.4 is 20.1 Å². The van der Waals surface area contributed by atoms with Crippen molar-refractivity contribution >= 4 is 5.96 Å². The van der Waals surface area contributed by atoms with Crippen molar-refractivity contribution in [1.82, 2.24) is 10.6 Å². The zero-order valence-corrected chi connectivity index (χ0v) is 15.4. The number of para-hydroxylation sites is 1. The highest BCUT2D eigenvalue weighted by atomic mass is 16.5. The summed E-state index contributed by atoms with van der Waals surface area (Å²) >= 11 is 0. The smallest absolute Gasteiger partial charge is 0.191 e. The number of guanidine groups is 1. The molecule has 2 N–H and O–H groups in total. The van der Waals surface area contributed by atoms with Crippen molar-refractivity contribution in [3.05, 3.63) is 59.7 Å². The minimum atomic E-state index is 0.0284. The van der Waals surface area contributed by atoms with Crippen LogP contribution in [0.1, 0.15) is 18.1 Å². The van der Waals surface area contributed by atoms with Gasteiger partial charge in [0.05, 0.1) is 13.7 Å². The summed E-state index contributed by atoms with van der Waals surface area (Å²) in [7, 11) is 3.43. The number of benzene rings is 2. The molecular formula is C20H27N3O2. The number of nitrogens with zero attached hydrogens (tertiary/aromatic N) is 1. The molecule has 2 aromatic rings. The van der Waals surface area contributed by atoms with Crippen LogP contribution >= 0.6 is 0 Å². The molecule has 0 aromatic heterocycles. The molecule has 0 aliphatic rings. The lowest BCUT2D eigenvalue weighted by Gasteiger charge is -2.19. The number of ether oxygens (including phenoxy) is 2. The van der Waals surface area contributed by atoms with Crippen LogP contribution in [-0.2, 0) is 6.54 Å². The van der Waals surface area contributed by atoms with Crippen LogP contribution in [-0.4, -0.2) is 32.8 Å². The lowest BCUT2D eigenvalue weighted by Crippen LogP contribution is -2.41. The topological polar surface area (TPSA) is 54.9 Å². The second kappa shape index (κ2) is 9.57. The third-order valence-electron chi connectivity index (χ3n) is 3.82. The number of aliphatic imine (C=N–C) groups is 1. The molecule has 0 heterocycles. The molecule has 2 rings (SSSR count). The molecule has 0 fully saturated rings. The molecule has 0 amide bonds. The minimum absolute atomic E-state index is 0.0284. The van der Waals surface area contributed by atoms with E-state index in [1.807, 2.05) is 62.4 Å². The van der Waals surface area contributed by atoms with Gasteiger partial charge in [-0.05, 0) is 43.2 Å². The summed E-state index contributed by atoms with van der Waals surface area (Å²) in [5, 5.41) is 6.59. The van der Waals surface area contributed by atoms with Crippen LogP contribution in [0.25, 0.3) is 0 Å². The Morgan fingerprint density at radius 2 is 1.80 bits per heavy atom. The number of aryl methyl sites for hydroxylation is 1. The summed E-state index contributed by atoms with van der Waals surface area (Å²) in [4.78, 5) is 4.25. The molecule has 0 saturated carbocycles. The average Bonchev–Trinajstić information content (AvgIpc) is 2.64. The molecule has 0 bridgehead atoms. The number of rotatable bonds is 7. The van der Waals surface area contributed by atoms with Crippen LogP contribution in [0.4, 0.5) is 0 Å². The first-order valence-corrected chi connectivity index (χ1v) is 8.42. The van der Waals surface area contributed by atoms with E-state index in [0.717, 1.165) is 28.6 Å². The van der Waals surface area contributed by atoms with Gasteiger partial charge in [-0.25, -0.2) is 0 Å². The first-order valence-electron chi connectivity index (χ1n) is 8.42. The van der Waals surface area contributed by atoms with Gasteiger partial charge in [0, 0.05) is 13.6 Å². The summed E-state index contributed by atoms with van der Waals surface area (Å²) in [5.74, 6) is 2.52. The van der Waals surface area contributed by atoms with E-state index in [4.69, 9.17) is 9.47 Å². The van der Waals surface area contributed by atoms with E-state index < -0.39 is 0 Å². The summed E-state index contributed by atoms with van der Waals surface area (Å²) in [5.41, 5.74) is 2.30. The molecule has 5 nitrogen and oxygen atoms in total. The van der Waals surface area contributed by atoms with Gasteiger partial charge in [-0.1, -0.05) is 30.3 Å². The van der Waals surface area contributed by atoms with E-state index in [0.29, 0.717) is 13.1 Å². The molecule has 2 aromatic carbocycles. The molecule has 0 aliphatic heterocycles. The SMILES string of the molecule is CN=C(NCc1ccc(OC)cc1)NCC(C)Oc1ccccc1C. The van der Waals surface area contributed by atoms with Crippen molar-refractivity contribution in [2.75, 3.05) is 20.7 Å². The summed E-state index contributed by atoms with van der Waals surface area (Å²) in [6.45, 7) is 5.44. The predicted octanol–water partition coefficient (Wildman–Crippen LogP) is 3.14. The van der Waals surface area contributed by atoms with Gasteiger partial charge in [-0.2, -0.15) is 0 Å². The molecule has 5 heteroatoms. The Hall–Kier alpha value is -2.69. The van der Waals surface area contributed by atoms with Gasteiger partial charge in [-0.3, -0.25) is 4.99 Å². The highest BCUT2D eigenvalue weighted by molar-refractivity contribution is 5.79. The summed E-state index contributed by atoms with van der Waals surface area (Å²) in [6, 6.07) is 16.0. The predicted molar refractivity (Wildman–Crippen MR) is 102 cm³/mol. The van der Waals surface area contributed by atoms with Gasteiger partial charge in [0.25, 0.3) is 0 Å². The standard InChI is InChI=1S/C20H27N3O2/c1-15-7-5-6-8-19(15)25-16(2)13-22-20(21-3)23-14-17-9-11-18(24-4)12-10-17/h5-12,16H,13-14H2,1-4H3,(H2,21,22,23). The van der Waals surface area contributed by atoms with Crippen molar-refractivity contribution in [2.45, 2.75) is 26.5 Å². The van der Waals surface area contributed by atoms with Crippen molar-refractivity contribution < 1.29 is 9.47 Å². The Labute approximate surface area is 150 Å². The quantitative estimate of drug-likeness (QED) is 0.600. The maximum absolute atomic E-state index is 5.97. The Morgan fingerprint density at radius 3 is 2.44 bits per heavy atom. The van der Waals surface area contributed by atoms with E-state index in [1.54, 1.807) is 14.2 Å². The minimum Gasteiger partial charge on any atom is -0.497 e. The Morgan fingerprint density at radius 1 is 1.08 bits per heavy atom. The van der Waals surface area contributed by atoms with Gasteiger partial charge < -0.3 is 20.1 Å². The Kier molecular flexibility index (Phi) is 7.14. The van der Waals surface area contributed by atoms with Crippen LogP contribution in [0.2, 0.25) is 0 Å². The molecule has 0 saturated heterocycles. The van der Waals surface area contributed by atoms with Crippen molar-refractivity contribution in [3.8, 4) is 11.5 Å². The third kappa shape index (κ3) is 6.03. The average molecular weight is 341 g/mol. The van der Waals surface area contributed by atoms with Crippen LogP contribution in [0.15, 0.2) is 53.5 Å². The lowest BCUT2D eigenvalue weighted by atomic mass is 10.2. The highest BCUT2D eigenvalue weighted by Crippen LogP contribution is 2.17. The summed E-state index contributed by atoms with van der Waals surface area (Å²) in [6.07, 6.45) is 0.0284. The highest BCUT2D eigenvalue weighted by Gasteiger charge is 2.07. The number of methoxy groups -OCH3 is 1. The molecule has 0 radical (unpaired) electrons. The second-order valence-corrected chi connectivity index (χ2v) is 5.85. The van der Waals surface area contributed by atoms with Crippen molar-refractivity contribution in [3.63, 3.8) is 0 Å². The molecule has 1 atom stereocenters. The largest absolute Gasteiger partial charge is 0.497 e. The second-order valence-electron chi connectivity index (χ2n) is 5.85. The van der Waals surface area contributed by atoms with Crippen LogP contribution in [0.5, 0.6) is 11.5 Å². The maximum Gasteiger partial charge on any atom is 0.191 e. The van der Waals surface area contributed by atoms with Crippen LogP contribution in [0, 0.1) is 6.92 Å². The Balaban J connectivity index is 1.78. The van der Waals surface area contributed by atoms with Crippen molar-refractivity contribution in [2.24, 2.45) is 4.99 Å². The lowest BCUT2D eigenvalue weighted by molar-refractivity contribution is 0.222. The number of hydrogen-bond acceptors (Lipinski definition) is 3. The molecule has 0 aliphatic carbocycles. The van der Waals surface area contributed by atoms with Gasteiger partial charge in [-0.15, -0.1) is 0 Å². The molecule has 25 heavy (non-hydrogen) atoms. The third-order valence-corrected chi connectivity index (χ3v) is 3.82. The monoisotopic (exact) mass is 341 g/mol. The molecule has 134 valence electrons. The first kappa shape index (κ1) is 18.6. The van der Waals surface area contributed by atoms with Crippen LogP contribution in [0.3, 0.4) is 0 Å². The molecule has 1 unspecified atom stereocenters. The van der Waals surface area contributed by atoms with Gasteiger partial charge in [0.15, 0.2) is 5.96 Å². The Bertz CT molecular complexity index is 684. The number of hydrogen-bond donors (Lipinski definition) is 2. The van der Waals surface area contributed by atoms with Gasteiger partial charge in [0.2, 0.25) is 0 Å². The normalized spacial score (nSPS) is 12.4. The number of nitrogens with one attached hydrogen (secondary N) is 2. The van der Waals surface area contributed by atoms with E-state index >= 15 is 0 Å². The fourth-order valence-electron chi connectivity index (χ4n) is 2.34. The first-order chi connectivity index (χ1) is 12.1. The van der Waals surface area contributed by atoms with Crippen molar-refractivity contribution in [1.29, 1.82) is 0 Å². The van der Waals surface area contributed by atoms with Gasteiger partial charge in [0.1, 0.15) is 17.6 Å². The van der Waals surface area contributed by atoms with E-state index in [1.165, 1.54) is 0 Å².